The Morgan fingerprint density at radius 3 is 3.12 bits per heavy atom. The van der Waals surface area contributed by atoms with E-state index < -0.39 is 6.10 Å². The summed E-state index contributed by atoms with van der Waals surface area (Å²) in [5.74, 6) is 0. The summed E-state index contributed by atoms with van der Waals surface area (Å²) in [4.78, 5) is 0. The Kier molecular flexibility index (Phi) is 2.57. The Morgan fingerprint density at radius 2 is 2.31 bits per heavy atom. The number of fused-ring (bicyclic) bond motifs is 1. The largest absolute Gasteiger partial charge is 0.386 e. The summed E-state index contributed by atoms with van der Waals surface area (Å²) in [6, 6.07) is 0. The van der Waals surface area contributed by atoms with Crippen LogP contribution in [0, 0.1) is 0 Å². The van der Waals surface area contributed by atoms with Crippen LogP contribution >= 0.6 is 0 Å². The molecule has 90 valence electrons. The number of aliphatic hydroxyl groups excluding tert-OH is 1. The average Bonchev–Trinajstić information content (AvgIpc) is 2.59. The van der Waals surface area contributed by atoms with Crippen molar-refractivity contribution in [3.05, 3.63) is 12.2 Å². The second-order valence-electron chi connectivity index (χ2n) is 5.28. The van der Waals surface area contributed by atoms with E-state index >= 15 is 0 Å². The minimum Gasteiger partial charge on any atom is -0.386 e. The van der Waals surface area contributed by atoms with Crippen molar-refractivity contribution in [3.63, 3.8) is 0 Å². The Balaban J connectivity index is 1.80. The van der Waals surface area contributed by atoms with Crippen LogP contribution < -0.4 is 0 Å². The lowest BCUT2D eigenvalue weighted by atomic mass is 9.82. The van der Waals surface area contributed by atoms with Crippen LogP contribution in [-0.4, -0.2) is 35.1 Å². The van der Waals surface area contributed by atoms with Gasteiger partial charge in [-0.05, 0) is 19.3 Å². The van der Waals surface area contributed by atoms with Crippen LogP contribution in [-0.2, 0) is 9.47 Å². The highest BCUT2D eigenvalue weighted by atomic mass is 16.6. The zero-order chi connectivity index (χ0) is 11.2. The molecule has 1 spiro atoms. The van der Waals surface area contributed by atoms with Gasteiger partial charge < -0.3 is 14.6 Å². The van der Waals surface area contributed by atoms with E-state index in [1.54, 1.807) is 0 Å². The summed E-state index contributed by atoms with van der Waals surface area (Å²) in [7, 11) is 0. The van der Waals surface area contributed by atoms with Crippen molar-refractivity contribution in [3.8, 4) is 0 Å². The van der Waals surface area contributed by atoms with Gasteiger partial charge in [0.05, 0.1) is 24.4 Å². The standard InChI is InChI=1S/C13H20O3/c1-2-3-9-4-5-12-13(16-9)7-6-10(14)11(8-13)15-12/h6-7,9-12,14H,2-5,8H2,1H3/t9-,10?,11+,12-,13-/m0/s1. The van der Waals surface area contributed by atoms with Gasteiger partial charge in [0.15, 0.2) is 0 Å². The lowest BCUT2D eigenvalue weighted by molar-refractivity contribution is -0.141. The minimum atomic E-state index is -0.440. The molecule has 1 unspecified atom stereocenters. The molecule has 0 radical (unpaired) electrons. The molecule has 3 heteroatoms. The second kappa shape index (κ2) is 3.83. The molecular weight excluding hydrogens is 204 g/mol. The van der Waals surface area contributed by atoms with E-state index in [4.69, 9.17) is 9.47 Å². The fraction of sp³-hybridized carbons (Fsp3) is 0.846. The summed E-state index contributed by atoms with van der Waals surface area (Å²) in [6.45, 7) is 2.20. The summed E-state index contributed by atoms with van der Waals surface area (Å²) >= 11 is 0. The van der Waals surface area contributed by atoms with Gasteiger partial charge in [0.2, 0.25) is 0 Å². The van der Waals surface area contributed by atoms with Gasteiger partial charge >= 0.3 is 0 Å². The van der Waals surface area contributed by atoms with Crippen LogP contribution in [0.3, 0.4) is 0 Å². The molecule has 1 aliphatic carbocycles. The third-order valence-electron chi connectivity index (χ3n) is 4.11. The van der Waals surface area contributed by atoms with E-state index in [-0.39, 0.29) is 17.8 Å². The highest BCUT2D eigenvalue weighted by Gasteiger charge is 2.54. The maximum atomic E-state index is 9.74. The summed E-state index contributed by atoms with van der Waals surface area (Å²) in [6.07, 6.45) is 9.25. The van der Waals surface area contributed by atoms with Crippen LogP contribution in [0.2, 0.25) is 0 Å². The van der Waals surface area contributed by atoms with Crippen molar-refractivity contribution >= 4 is 0 Å². The third kappa shape index (κ3) is 1.53. The molecule has 2 aliphatic heterocycles. The van der Waals surface area contributed by atoms with Gasteiger partial charge in [0, 0.05) is 6.42 Å². The van der Waals surface area contributed by atoms with E-state index in [2.05, 4.69) is 6.92 Å². The van der Waals surface area contributed by atoms with Crippen molar-refractivity contribution in [2.24, 2.45) is 0 Å². The maximum absolute atomic E-state index is 9.74. The van der Waals surface area contributed by atoms with Crippen LogP contribution in [0.4, 0.5) is 0 Å². The van der Waals surface area contributed by atoms with Crippen molar-refractivity contribution in [1.82, 2.24) is 0 Å². The SMILES string of the molecule is CCC[C@H]1CC[C@@H]2O[C@@H]3C[C@]2(C=CC3O)O1. The smallest absolute Gasteiger partial charge is 0.115 e. The lowest BCUT2D eigenvalue weighted by Gasteiger charge is -2.40. The van der Waals surface area contributed by atoms with E-state index in [1.165, 1.54) is 6.42 Å². The third-order valence-corrected chi connectivity index (χ3v) is 4.11. The molecule has 0 aromatic heterocycles. The van der Waals surface area contributed by atoms with E-state index in [9.17, 15) is 5.11 Å². The lowest BCUT2D eigenvalue weighted by Crippen LogP contribution is -2.47. The maximum Gasteiger partial charge on any atom is 0.115 e. The van der Waals surface area contributed by atoms with Crippen molar-refractivity contribution in [1.29, 1.82) is 0 Å². The molecule has 2 bridgehead atoms. The van der Waals surface area contributed by atoms with E-state index in [1.807, 2.05) is 12.2 Å². The minimum absolute atomic E-state index is 0.0459. The van der Waals surface area contributed by atoms with E-state index in [0.29, 0.717) is 6.10 Å². The highest BCUT2D eigenvalue weighted by molar-refractivity contribution is 5.21. The summed E-state index contributed by atoms with van der Waals surface area (Å²) < 4.78 is 12.1. The van der Waals surface area contributed by atoms with Gasteiger partial charge in [0.1, 0.15) is 5.60 Å². The average molecular weight is 224 g/mol. The first-order chi connectivity index (χ1) is 7.73. The molecule has 0 aromatic rings. The first-order valence-corrected chi connectivity index (χ1v) is 6.44. The number of ether oxygens (including phenoxy) is 2. The Bertz CT molecular complexity index is 302. The Labute approximate surface area is 96.4 Å². The normalized spacial score (nSPS) is 50.4. The van der Waals surface area contributed by atoms with Crippen LogP contribution in [0.5, 0.6) is 0 Å². The van der Waals surface area contributed by atoms with Crippen molar-refractivity contribution in [2.45, 2.75) is 69.0 Å². The quantitative estimate of drug-likeness (QED) is 0.727. The van der Waals surface area contributed by atoms with Gasteiger partial charge in [-0.3, -0.25) is 0 Å². The van der Waals surface area contributed by atoms with Gasteiger partial charge in [0.25, 0.3) is 0 Å². The summed E-state index contributed by atoms with van der Waals surface area (Å²) in [5, 5.41) is 9.74. The van der Waals surface area contributed by atoms with Crippen LogP contribution in [0.25, 0.3) is 0 Å². The first-order valence-electron chi connectivity index (χ1n) is 6.44. The van der Waals surface area contributed by atoms with Crippen LogP contribution in [0.1, 0.15) is 39.0 Å². The number of hydrogen-bond donors (Lipinski definition) is 1. The fourth-order valence-electron chi connectivity index (χ4n) is 3.29. The van der Waals surface area contributed by atoms with Crippen molar-refractivity contribution in [2.75, 3.05) is 0 Å². The molecule has 3 rings (SSSR count). The molecule has 0 aromatic carbocycles. The predicted octanol–water partition coefficient (Wildman–Crippen LogP) is 1.79. The molecular formula is C13H20O3. The molecule has 1 N–H and O–H groups in total. The topological polar surface area (TPSA) is 38.7 Å². The predicted molar refractivity (Wildman–Crippen MR) is 60.2 cm³/mol. The van der Waals surface area contributed by atoms with Crippen LogP contribution in [0.15, 0.2) is 12.2 Å². The zero-order valence-electron chi connectivity index (χ0n) is 9.76. The number of hydrogen-bond acceptors (Lipinski definition) is 3. The highest BCUT2D eigenvalue weighted by Crippen LogP contribution is 2.46. The molecule has 3 nitrogen and oxygen atoms in total. The summed E-state index contributed by atoms with van der Waals surface area (Å²) in [5.41, 5.74) is -0.220. The Morgan fingerprint density at radius 1 is 1.44 bits per heavy atom. The molecule has 2 heterocycles. The molecule has 5 atom stereocenters. The van der Waals surface area contributed by atoms with Crippen molar-refractivity contribution < 1.29 is 14.6 Å². The first kappa shape index (κ1) is 10.8. The fourth-order valence-corrected chi connectivity index (χ4v) is 3.29. The molecule has 2 saturated heterocycles. The molecule has 3 aliphatic rings. The van der Waals surface area contributed by atoms with Gasteiger partial charge in [-0.15, -0.1) is 0 Å². The molecule has 16 heavy (non-hydrogen) atoms. The van der Waals surface area contributed by atoms with E-state index in [0.717, 1.165) is 25.7 Å². The monoisotopic (exact) mass is 224 g/mol. The molecule has 2 fully saturated rings. The number of aliphatic hydroxyl groups is 1. The van der Waals surface area contributed by atoms with Gasteiger partial charge in [-0.25, -0.2) is 0 Å². The second-order valence-corrected chi connectivity index (χ2v) is 5.28. The Hall–Kier alpha value is -0.380. The number of rotatable bonds is 2. The van der Waals surface area contributed by atoms with Gasteiger partial charge in [-0.2, -0.15) is 0 Å². The zero-order valence-corrected chi connectivity index (χ0v) is 9.76. The molecule has 0 saturated carbocycles. The van der Waals surface area contributed by atoms with Gasteiger partial charge in [-0.1, -0.05) is 25.5 Å². The molecule has 0 amide bonds.